The summed E-state index contributed by atoms with van der Waals surface area (Å²) in [6.45, 7) is 5.29. The maximum Gasteiger partial charge on any atom is 0.261 e. The number of amides is 2. The van der Waals surface area contributed by atoms with Crippen molar-refractivity contribution in [2.75, 3.05) is 0 Å². The fourth-order valence-electron chi connectivity index (χ4n) is 2.55. The van der Waals surface area contributed by atoms with Crippen LogP contribution in [0.5, 0.6) is 0 Å². The van der Waals surface area contributed by atoms with Crippen molar-refractivity contribution >= 4 is 33.2 Å². The number of hydrogen-bond donors (Lipinski definition) is 3. The lowest BCUT2D eigenvalue weighted by molar-refractivity contribution is -0.122. The summed E-state index contributed by atoms with van der Waals surface area (Å²) < 4.78 is 26.9. The summed E-state index contributed by atoms with van der Waals surface area (Å²) in [5.41, 5.74) is 1.33. The molecule has 0 saturated carbocycles. The molecule has 3 N–H and O–H groups in total. The van der Waals surface area contributed by atoms with Crippen LogP contribution in [0.2, 0.25) is 0 Å². The van der Waals surface area contributed by atoms with Gasteiger partial charge in [0, 0.05) is 12.6 Å². The summed E-state index contributed by atoms with van der Waals surface area (Å²) in [7, 11) is -3.47. The average Bonchev–Trinajstić information content (AvgIpc) is 3.13. The first-order valence-electron chi connectivity index (χ1n) is 8.87. The largest absolute Gasteiger partial charge is 0.350 e. The molecule has 1 aromatic carbocycles. The van der Waals surface area contributed by atoms with Gasteiger partial charge in [-0.25, -0.2) is 13.1 Å². The van der Waals surface area contributed by atoms with Crippen molar-refractivity contribution in [3.63, 3.8) is 0 Å². The van der Waals surface area contributed by atoms with Gasteiger partial charge >= 0.3 is 0 Å². The van der Waals surface area contributed by atoms with Crippen molar-refractivity contribution in [3.8, 4) is 0 Å². The molecule has 0 aliphatic carbocycles. The van der Waals surface area contributed by atoms with E-state index >= 15 is 0 Å². The van der Waals surface area contributed by atoms with E-state index < -0.39 is 16.1 Å². The smallest absolute Gasteiger partial charge is 0.261 e. The van der Waals surface area contributed by atoms with E-state index in [9.17, 15) is 18.0 Å². The predicted octanol–water partition coefficient (Wildman–Crippen LogP) is 2.01. The van der Waals surface area contributed by atoms with Gasteiger partial charge in [0.05, 0.1) is 10.6 Å². The lowest BCUT2D eigenvalue weighted by Crippen LogP contribution is -2.44. The van der Waals surface area contributed by atoms with E-state index in [4.69, 9.17) is 0 Å². The van der Waals surface area contributed by atoms with Crippen molar-refractivity contribution < 1.29 is 18.0 Å². The Morgan fingerprint density at radius 3 is 2.32 bits per heavy atom. The molecule has 7 nitrogen and oxygen atoms in total. The molecule has 1 unspecified atom stereocenters. The third-order valence-electron chi connectivity index (χ3n) is 3.82. The lowest BCUT2D eigenvalue weighted by atomic mass is 10.1. The third-order valence-corrected chi connectivity index (χ3v) is 6.21. The molecule has 0 bridgehead atoms. The van der Waals surface area contributed by atoms with Crippen LogP contribution in [0.25, 0.3) is 0 Å². The Bertz CT molecular complexity index is 909. The topological polar surface area (TPSA) is 104 Å². The molecule has 0 aliphatic heterocycles. The van der Waals surface area contributed by atoms with Gasteiger partial charge in [-0.1, -0.05) is 30.3 Å². The Labute approximate surface area is 169 Å². The van der Waals surface area contributed by atoms with Gasteiger partial charge in [-0.3, -0.25) is 9.59 Å². The van der Waals surface area contributed by atoms with E-state index in [0.717, 1.165) is 0 Å². The van der Waals surface area contributed by atoms with Crippen LogP contribution in [0.4, 0.5) is 0 Å². The first-order chi connectivity index (χ1) is 13.2. The number of hydrogen-bond acceptors (Lipinski definition) is 5. The van der Waals surface area contributed by atoms with E-state index in [0.29, 0.717) is 16.0 Å². The molecule has 0 aliphatic rings. The standard InChI is InChI=1S/C19H25N3O4S2/c1-13(2)22-28(25,26)12-16-8-5-4-7-15(16)11-20-18(23)14(3)21-19(24)17-9-6-10-27-17/h4-10,13-14,22H,11-12H2,1-3H3,(H,20,23)(H,21,24). The Morgan fingerprint density at radius 2 is 1.71 bits per heavy atom. The number of carbonyl (C=O) groups is 2. The highest BCUT2D eigenvalue weighted by atomic mass is 32.2. The van der Waals surface area contributed by atoms with Crippen LogP contribution in [0.15, 0.2) is 41.8 Å². The number of thiophene rings is 1. The number of sulfonamides is 1. The summed E-state index contributed by atoms with van der Waals surface area (Å²) >= 11 is 1.30. The fourth-order valence-corrected chi connectivity index (χ4v) is 4.67. The summed E-state index contributed by atoms with van der Waals surface area (Å²) in [4.78, 5) is 24.9. The Hall–Kier alpha value is -2.23. The van der Waals surface area contributed by atoms with Crippen molar-refractivity contribution in [1.82, 2.24) is 15.4 Å². The zero-order chi connectivity index (χ0) is 20.7. The Kier molecular flexibility index (Phi) is 7.73. The quantitative estimate of drug-likeness (QED) is 0.574. The zero-order valence-electron chi connectivity index (χ0n) is 16.1. The van der Waals surface area contributed by atoms with Gasteiger partial charge in [-0.05, 0) is 43.3 Å². The number of benzene rings is 1. The van der Waals surface area contributed by atoms with E-state index in [1.165, 1.54) is 11.3 Å². The van der Waals surface area contributed by atoms with Crippen LogP contribution in [-0.4, -0.2) is 32.3 Å². The maximum atomic E-state index is 12.3. The van der Waals surface area contributed by atoms with Crippen LogP contribution < -0.4 is 15.4 Å². The number of rotatable bonds is 9. The predicted molar refractivity (Wildman–Crippen MR) is 110 cm³/mol. The molecule has 0 saturated heterocycles. The number of carbonyl (C=O) groups excluding carboxylic acids is 2. The zero-order valence-corrected chi connectivity index (χ0v) is 17.7. The van der Waals surface area contributed by atoms with Gasteiger partial charge in [0.15, 0.2) is 0 Å². The molecule has 152 valence electrons. The number of nitrogens with one attached hydrogen (secondary N) is 3. The van der Waals surface area contributed by atoms with Crippen molar-refractivity contribution in [1.29, 1.82) is 0 Å². The van der Waals surface area contributed by atoms with Crippen molar-refractivity contribution in [3.05, 3.63) is 57.8 Å². The molecule has 0 spiro atoms. The first kappa shape index (κ1) is 22.1. The second-order valence-corrected chi connectivity index (χ2v) is 9.39. The van der Waals surface area contributed by atoms with E-state index in [1.807, 2.05) is 0 Å². The highest BCUT2D eigenvalue weighted by Gasteiger charge is 2.19. The molecule has 2 rings (SSSR count). The third kappa shape index (κ3) is 6.74. The molecular weight excluding hydrogens is 398 g/mol. The molecule has 0 radical (unpaired) electrons. The van der Waals surface area contributed by atoms with Crippen molar-refractivity contribution in [2.24, 2.45) is 0 Å². The molecule has 9 heteroatoms. The minimum absolute atomic E-state index is 0.165. The maximum absolute atomic E-state index is 12.3. The molecular formula is C19H25N3O4S2. The second kappa shape index (κ2) is 9.81. The van der Waals surface area contributed by atoms with E-state index in [2.05, 4.69) is 15.4 Å². The molecule has 28 heavy (non-hydrogen) atoms. The molecule has 0 fully saturated rings. The monoisotopic (exact) mass is 423 g/mol. The van der Waals surface area contributed by atoms with Crippen LogP contribution in [0.3, 0.4) is 0 Å². The Balaban J connectivity index is 1.96. The SMILES string of the molecule is CC(C)NS(=O)(=O)Cc1ccccc1CNC(=O)C(C)NC(=O)c1cccs1. The van der Waals surface area contributed by atoms with Crippen LogP contribution in [0.1, 0.15) is 41.6 Å². The van der Waals surface area contributed by atoms with Gasteiger partial charge in [0.25, 0.3) is 5.91 Å². The fraction of sp³-hybridized carbons (Fsp3) is 0.368. The molecule has 2 aromatic rings. The normalized spacial score (nSPS) is 12.6. The van der Waals surface area contributed by atoms with Gasteiger partial charge in [-0.15, -0.1) is 11.3 Å². The van der Waals surface area contributed by atoms with Crippen LogP contribution in [-0.2, 0) is 27.1 Å². The summed E-state index contributed by atoms with van der Waals surface area (Å²) in [6, 6.07) is 9.59. The lowest BCUT2D eigenvalue weighted by Gasteiger charge is -2.16. The van der Waals surface area contributed by atoms with Gasteiger partial charge in [0.2, 0.25) is 15.9 Å². The summed E-state index contributed by atoms with van der Waals surface area (Å²) in [5, 5.41) is 7.19. The highest BCUT2D eigenvalue weighted by Crippen LogP contribution is 2.13. The average molecular weight is 424 g/mol. The van der Waals surface area contributed by atoms with Crippen LogP contribution in [0, 0.1) is 0 Å². The highest BCUT2D eigenvalue weighted by molar-refractivity contribution is 7.88. The van der Waals surface area contributed by atoms with Gasteiger partial charge < -0.3 is 10.6 Å². The summed E-state index contributed by atoms with van der Waals surface area (Å²) in [6.07, 6.45) is 0. The van der Waals surface area contributed by atoms with Crippen LogP contribution >= 0.6 is 11.3 Å². The first-order valence-corrected chi connectivity index (χ1v) is 11.4. The second-order valence-electron chi connectivity index (χ2n) is 6.69. The Morgan fingerprint density at radius 1 is 1.04 bits per heavy atom. The molecule has 1 heterocycles. The molecule has 1 aromatic heterocycles. The molecule has 2 amide bonds. The molecule has 1 atom stereocenters. The minimum atomic E-state index is -3.47. The van der Waals surface area contributed by atoms with Crippen molar-refractivity contribution in [2.45, 2.75) is 45.2 Å². The minimum Gasteiger partial charge on any atom is -0.350 e. The van der Waals surface area contributed by atoms with E-state index in [-0.39, 0.29) is 30.2 Å². The summed E-state index contributed by atoms with van der Waals surface area (Å²) in [5.74, 6) is -0.811. The van der Waals surface area contributed by atoms with E-state index in [1.54, 1.807) is 62.5 Å². The van der Waals surface area contributed by atoms with Gasteiger partial charge in [-0.2, -0.15) is 0 Å². The van der Waals surface area contributed by atoms with Gasteiger partial charge in [0.1, 0.15) is 6.04 Å².